The van der Waals surface area contributed by atoms with E-state index >= 15 is 0 Å². The number of hydrogen-bond donors (Lipinski definition) is 0. The van der Waals surface area contributed by atoms with Crippen molar-refractivity contribution in [3.8, 4) is 0 Å². The third-order valence-electron chi connectivity index (χ3n) is 6.53. The molecule has 0 unspecified atom stereocenters. The number of aryl methyl sites for hydroxylation is 2. The molecule has 138 valence electrons. The van der Waals surface area contributed by atoms with Crippen LogP contribution in [0.2, 0.25) is 0 Å². The standard InChI is InChI=1S/C24H30FN/c1-17-10-11-20(15-18(17)2)24-9-6-14-26(24)21-12-13-22(23(25)16-21)19-7-4-3-5-8-19/h10-13,15-16,19,24H,3-9,14H2,1-2H3/t24-/m1/s1. The van der Waals surface area contributed by atoms with Gasteiger partial charge >= 0.3 is 0 Å². The Morgan fingerprint density at radius 3 is 2.38 bits per heavy atom. The first kappa shape index (κ1) is 17.6. The van der Waals surface area contributed by atoms with Crippen molar-refractivity contribution in [2.45, 2.75) is 70.8 Å². The van der Waals surface area contributed by atoms with Crippen molar-refractivity contribution < 1.29 is 4.39 Å². The van der Waals surface area contributed by atoms with Crippen molar-refractivity contribution in [3.05, 3.63) is 64.5 Å². The Bertz CT molecular complexity index is 776. The summed E-state index contributed by atoms with van der Waals surface area (Å²) in [6, 6.07) is 13.2. The molecule has 4 rings (SSSR count). The molecule has 1 atom stereocenters. The van der Waals surface area contributed by atoms with E-state index in [-0.39, 0.29) is 5.82 Å². The summed E-state index contributed by atoms with van der Waals surface area (Å²) in [5, 5.41) is 0. The van der Waals surface area contributed by atoms with E-state index < -0.39 is 0 Å². The Morgan fingerprint density at radius 2 is 1.65 bits per heavy atom. The quantitative estimate of drug-likeness (QED) is 0.585. The Labute approximate surface area is 157 Å². The van der Waals surface area contributed by atoms with E-state index in [0.29, 0.717) is 12.0 Å². The smallest absolute Gasteiger partial charge is 0.128 e. The minimum absolute atomic E-state index is 0.000127. The van der Waals surface area contributed by atoms with Crippen LogP contribution in [0.1, 0.15) is 79.2 Å². The van der Waals surface area contributed by atoms with Crippen LogP contribution in [0.25, 0.3) is 0 Å². The molecule has 1 nitrogen and oxygen atoms in total. The van der Waals surface area contributed by atoms with Crippen LogP contribution in [0.3, 0.4) is 0 Å². The number of halogens is 1. The molecule has 26 heavy (non-hydrogen) atoms. The van der Waals surface area contributed by atoms with Crippen LogP contribution in [0, 0.1) is 19.7 Å². The van der Waals surface area contributed by atoms with Crippen molar-refractivity contribution in [2.24, 2.45) is 0 Å². The van der Waals surface area contributed by atoms with Crippen molar-refractivity contribution >= 4 is 5.69 Å². The van der Waals surface area contributed by atoms with E-state index in [1.807, 2.05) is 0 Å². The highest BCUT2D eigenvalue weighted by Gasteiger charge is 2.27. The van der Waals surface area contributed by atoms with Gasteiger partial charge in [0.05, 0.1) is 6.04 Å². The van der Waals surface area contributed by atoms with Crippen LogP contribution >= 0.6 is 0 Å². The maximum atomic E-state index is 14.9. The molecule has 0 bridgehead atoms. The molecule has 1 aliphatic heterocycles. The summed E-state index contributed by atoms with van der Waals surface area (Å²) in [7, 11) is 0. The lowest BCUT2D eigenvalue weighted by Crippen LogP contribution is -2.23. The van der Waals surface area contributed by atoms with Crippen LogP contribution in [0.4, 0.5) is 10.1 Å². The highest BCUT2D eigenvalue weighted by molar-refractivity contribution is 5.52. The first-order valence-corrected chi connectivity index (χ1v) is 10.3. The number of benzene rings is 2. The largest absolute Gasteiger partial charge is 0.364 e. The molecule has 1 aliphatic carbocycles. The summed E-state index contributed by atoms with van der Waals surface area (Å²) in [5.74, 6) is 0.423. The average molecular weight is 352 g/mol. The van der Waals surface area contributed by atoms with Gasteiger partial charge in [0.15, 0.2) is 0 Å². The Kier molecular flexibility index (Phi) is 5.02. The lowest BCUT2D eigenvalue weighted by Gasteiger charge is -2.29. The number of anilines is 1. The fourth-order valence-electron chi connectivity index (χ4n) is 4.83. The van der Waals surface area contributed by atoms with Crippen LogP contribution < -0.4 is 4.90 Å². The summed E-state index contributed by atoms with van der Waals surface area (Å²) >= 11 is 0. The maximum absolute atomic E-state index is 14.9. The Balaban J connectivity index is 1.59. The SMILES string of the molecule is Cc1ccc([C@H]2CCCN2c2ccc(C3CCCCC3)c(F)c2)cc1C. The van der Waals surface area contributed by atoms with E-state index in [1.165, 1.54) is 42.4 Å². The molecule has 1 saturated carbocycles. The molecule has 2 aliphatic rings. The normalized spacial score (nSPS) is 21.3. The van der Waals surface area contributed by atoms with Gasteiger partial charge in [-0.3, -0.25) is 0 Å². The van der Waals surface area contributed by atoms with E-state index in [9.17, 15) is 4.39 Å². The average Bonchev–Trinajstić information content (AvgIpc) is 3.14. The van der Waals surface area contributed by atoms with Crippen molar-refractivity contribution in [2.75, 3.05) is 11.4 Å². The van der Waals surface area contributed by atoms with Gasteiger partial charge in [-0.25, -0.2) is 4.39 Å². The zero-order valence-corrected chi connectivity index (χ0v) is 16.1. The second-order valence-corrected chi connectivity index (χ2v) is 8.24. The van der Waals surface area contributed by atoms with Crippen LogP contribution in [0.5, 0.6) is 0 Å². The molecule has 0 radical (unpaired) electrons. The zero-order chi connectivity index (χ0) is 18.1. The molecule has 1 saturated heterocycles. The summed E-state index contributed by atoms with van der Waals surface area (Å²) in [6.45, 7) is 5.35. The molecule has 0 spiro atoms. The molecular weight excluding hydrogens is 321 g/mol. The summed E-state index contributed by atoms with van der Waals surface area (Å²) in [4.78, 5) is 2.40. The van der Waals surface area contributed by atoms with Gasteiger partial charge < -0.3 is 4.90 Å². The van der Waals surface area contributed by atoms with E-state index in [0.717, 1.165) is 37.1 Å². The van der Waals surface area contributed by atoms with Crippen molar-refractivity contribution in [3.63, 3.8) is 0 Å². The van der Waals surface area contributed by atoms with E-state index in [4.69, 9.17) is 0 Å². The fraction of sp³-hybridized carbons (Fsp3) is 0.500. The monoisotopic (exact) mass is 351 g/mol. The van der Waals surface area contributed by atoms with E-state index in [2.05, 4.69) is 49.1 Å². The van der Waals surface area contributed by atoms with Crippen LogP contribution in [-0.2, 0) is 0 Å². The lowest BCUT2D eigenvalue weighted by atomic mass is 9.84. The predicted molar refractivity (Wildman–Crippen MR) is 107 cm³/mol. The molecule has 2 fully saturated rings. The van der Waals surface area contributed by atoms with Gasteiger partial charge in [-0.2, -0.15) is 0 Å². The number of rotatable bonds is 3. The second kappa shape index (κ2) is 7.42. The Morgan fingerprint density at radius 1 is 0.846 bits per heavy atom. The van der Waals surface area contributed by atoms with Gasteiger partial charge in [0.2, 0.25) is 0 Å². The van der Waals surface area contributed by atoms with Gasteiger partial charge in [-0.05, 0) is 79.8 Å². The predicted octanol–water partition coefficient (Wildman–Crippen LogP) is 6.83. The summed E-state index contributed by atoms with van der Waals surface area (Å²) in [6.07, 6.45) is 8.40. The van der Waals surface area contributed by atoms with Crippen LogP contribution in [0.15, 0.2) is 36.4 Å². The topological polar surface area (TPSA) is 3.24 Å². The first-order valence-electron chi connectivity index (χ1n) is 10.3. The third kappa shape index (κ3) is 3.39. The minimum atomic E-state index is 0.000127. The highest BCUT2D eigenvalue weighted by Crippen LogP contribution is 2.39. The highest BCUT2D eigenvalue weighted by atomic mass is 19.1. The minimum Gasteiger partial charge on any atom is -0.364 e. The van der Waals surface area contributed by atoms with Crippen LogP contribution in [-0.4, -0.2) is 6.54 Å². The second-order valence-electron chi connectivity index (χ2n) is 8.24. The molecule has 0 aromatic heterocycles. The molecule has 1 heterocycles. The van der Waals surface area contributed by atoms with Crippen molar-refractivity contribution in [1.29, 1.82) is 0 Å². The zero-order valence-electron chi connectivity index (χ0n) is 16.1. The van der Waals surface area contributed by atoms with Gasteiger partial charge in [0.25, 0.3) is 0 Å². The number of hydrogen-bond acceptors (Lipinski definition) is 1. The Hall–Kier alpha value is -1.83. The molecule has 0 N–H and O–H groups in total. The summed E-state index contributed by atoms with van der Waals surface area (Å²) in [5.41, 5.74) is 6.02. The molecule has 2 aromatic carbocycles. The number of nitrogens with zero attached hydrogens (tertiary/aromatic N) is 1. The molecule has 2 heteroatoms. The fourth-order valence-corrected chi connectivity index (χ4v) is 4.83. The first-order chi connectivity index (χ1) is 12.6. The summed E-state index contributed by atoms with van der Waals surface area (Å²) < 4.78 is 14.9. The maximum Gasteiger partial charge on any atom is 0.128 e. The van der Waals surface area contributed by atoms with E-state index in [1.54, 1.807) is 6.07 Å². The third-order valence-corrected chi connectivity index (χ3v) is 6.53. The van der Waals surface area contributed by atoms with Gasteiger partial charge in [0, 0.05) is 12.2 Å². The molecule has 0 amide bonds. The molecular formula is C24H30FN. The molecule has 2 aromatic rings. The lowest BCUT2D eigenvalue weighted by molar-refractivity contribution is 0.429. The van der Waals surface area contributed by atoms with Gasteiger partial charge in [0.1, 0.15) is 5.82 Å². The van der Waals surface area contributed by atoms with Gasteiger partial charge in [-0.15, -0.1) is 0 Å². The van der Waals surface area contributed by atoms with Gasteiger partial charge in [-0.1, -0.05) is 43.5 Å². The van der Waals surface area contributed by atoms with Crippen molar-refractivity contribution in [1.82, 2.24) is 0 Å².